The van der Waals surface area contributed by atoms with Gasteiger partial charge in [-0.05, 0) is 18.2 Å². The molecule has 1 aromatic heterocycles. The Morgan fingerprint density at radius 2 is 2.31 bits per heavy atom. The minimum absolute atomic E-state index is 0.282. The zero-order valence-corrected chi connectivity index (χ0v) is 8.40. The second-order valence-corrected chi connectivity index (χ2v) is 3.59. The van der Waals surface area contributed by atoms with Gasteiger partial charge in [0.05, 0.1) is 12.0 Å². The van der Waals surface area contributed by atoms with Gasteiger partial charge in [0.2, 0.25) is 0 Å². The third kappa shape index (κ3) is 1.48. The molecule has 1 aliphatic heterocycles. The van der Waals surface area contributed by atoms with Crippen LogP contribution in [0, 0.1) is 5.82 Å². The molecular formula is C12H9FN2O. The molecular weight excluding hydrogens is 207 g/mol. The van der Waals surface area contributed by atoms with Crippen molar-refractivity contribution in [1.82, 2.24) is 9.97 Å². The normalized spacial score (nSPS) is 13.9. The Morgan fingerprint density at radius 1 is 1.38 bits per heavy atom. The van der Waals surface area contributed by atoms with Crippen molar-refractivity contribution >= 4 is 11.6 Å². The Labute approximate surface area is 91.6 Å². The highest BCUT2D eigenvalue weighted by molar-refractivity contribution is 5.84. The molecule has 2 heterocycles. The molecule has 0 saturated heterocycles. The smallest absolute Gasteiger partial charge is 0.129 e. The molecule has 0 aliphatic carbocycles. The van der Waals surface area contributed by atoms with Gasteiger partial charge >= 0.3 is 0 Å². The number of rotatable bonds is 1. The highest BCUT2D eigenvalue weighted by Gasteiger charge is 2.14. The molecule has 0 bridgehead atoms. The molecule has 2 aromatic rings. The van der Waals surface area contributed by atoms with Gasteiger partial charge in [-0.15, -0.1) is 0 Å². The molecule has 0 amide bonds. The van der Waals surface area contributed by atoms with E-state index >= 15 is 0 Å². The summed E-state index contributed by atoms with van der Waals surface area (Å²) >= 11 is 0. The van der Waals surface area contributed by atoms with Crippen molar-refractivity contribution in [3.63, 3.8) is 0 Å². The number of fused-ring (bicyclic) bond motifs is 1. The lowest BCUT2D eigenvalue weighted by atomic mass is 10.1. The molecule has 4 heteroatoms. The Morgan fingerprint density at radius 3 is 3.12 bits per heavy atom. The van der Waals surface area contributed by atoms with Gasteiger partial charge in [0.1, 0.15) is 18.2 Å². The maximum Gasteiger partial charge on any atom is 0.129 e. The van der Waals surface area contributed by atoms with Crippen LogP contribution in [0.2, 0.25) is 0 Å². The number of benzene rings is 1. The van der Waals surface area contributed by atoms with Crippen molar-refractivity contribution in [3.05, 3.63) is 47.8 Å². The second kappa shape index (κ2) is 3.48. The molecule has 3 rings (SSSR count). The first-order valence-electron chi connectivity index (χ1n) is 4.95. The van der Waals surface area contributed by atoms with Gasteiger partial charge in [-0.1, -0.05) is 0 Å². The minimum Gasteiger partial charge on any atom is -0.488 e. The van der Waals surface area contributed by atoms with E-state index in [0.717, 1.165) is 16.8 Å². The third-order valence-corrected chi connectivity index (χ3v) is 2.52. The van der Waals surface area contributed by atoms with Crippen LogP contribution in [0.4, 0.5) is 4.39 Å². The first-order chi connectivity index (χ1) is 7.83. The lowest BCUT2D eigenvalue weighted by Crippen LogP contribution is -2.07. The summed E-state index contributed by atoms with van der Waals surface area (Å²) < 4.78 is 18.4. The quantitative estimate of drug-likeness (QED) is 0.795. The SMILES string of the molecule is Fc1ccc2c(c1)OCC(c1c[nH]cn1)=C2. The van der Waals surface area contributed by atoms with Crippen LogP contribution in [0.15, 0.2) is 30.7 Å². The fraction of sp³-hybridized carbons (Fsp3) is 0.0833. The number of hydrogen-bond donors (Lipinski definition) is 1. The number of nitrogens with one attached hydrogen (secondary N) is 1. The standard InChI is InChI=1S/C12H9FN2O/c13-10-2-1-8-3-9(6-16-12(8)4-10)11-5-14-7-15-11/h1-5,7H,6H2,(H,14,15). The fourth-order valence-electron chi connectivity index (χ4n) is 1.72. The van der Waals surface area contributed by atoms with E-state index in [2.05, 4.69) is 9.97 Å². The average molecular weight is 216 g/mol. The van der Waals surface area contributed by atoms with E-state index in [1.807, 2.05) is 12.3 Å². The van der Waals surface area contributed by atoms with Gasteiger partial charge in [-0.25, -0.2) is 9.37 Å². The van der Waals surface area contributed by atoms with Gasteiger partial charge in [0, 0.05) is 23.4 Å². The van der Waals surface area contributed by atoms with Gasteiger partial charge in [-0.2, -0.15) is 0 Å². The third-order valence-electron chi connectivity index (χ3n) is 2.52. The topological polar surface area (TPSA) is 37.9 Å². The van der Waals surface area contributed by atoms with E-state index in [-0.39, 0.29) is 5.82 Å². The summed E-state index contributed by atoms with van der Waals surface area (Å²) in [5, 5.41) is 0. The number of nitrogens with zero attached hydrogens (tertiary/aromatic N) is 1. The summed E-state index contributed by atoms with van der Waals surface area (Å²) in [4.78, 5) is 7.05. The van der Waals surface area contributed by atoms with Crippen molar-refractivity contribution < 1.29 is 9.13 Å². The van der Waals surface area contributed by atoms with E-state index in [1.54, 1.807) is 12.4 Å². The molecule has 3 nitrogen and oxygen atoms in total. The Hall–Kier alpha value is -2.10. The zero-order valence-electron chi connectivity index (χ0n) is 8.40. The molecule has 0 spiro atoms. The highest BCUT2D eigenvalue weighted by Crippen LogP contribution is 2.30. The molecule has 0 radical (unpaired) electrons. The number of hydrogen-bond acceptors (Lipinski definition) is 2. The summed E-state index contributed by atoms with van der Waals surface area (Å²) in [6, 6.07) is 4.52. The molecule has 0 fully saturated rings. The highest BCUT2D eigenvalue weighted by atomic mass is 19.1. The number of ether oxygens (including phenoxy) is 1. The van der Waals surface area contributed by atoms with Crippen LogP contribution in [-0.2, 0) is 0 Å². The van der Waals surface area contributed by atoms with E-state index in [4.69, 9.17) is 4.74 Å². The largest absolute Gasteiger partial charge is 0.488 e. The summed E-state index contributed by atoms with van der Waals surface area (Å²) in [5.41, 5.74) is 2.72. The van der Waals surface area contributed by atoms with Crippen molar-refractivity contribution in [2.75, 3.05) is 6.61 Å². The van der Waals surface area contributed by atoms with Crippen LogP contribution in [0.1, 0.15) is 11.3 Å². The predicted octanol–water partition coefficient (Wildman–Crippen LogP) is 2.48. The van der Waals surface area contributed by atoms with Crippen LogP contribution in [0.5, 0.6) is 5.75 Å². The average Bonchev–Trinajstić information content (AvgIpc) is 2.82. The molecule has 16 heavy (non-hydrogen) atoms. The summed E-state index contributed by atoms with van der Waals surface area (Å²) in [6.45, 7) is 0.418. The fourth-order valence-corrected chi connectivity index (χ4v) is 1.72. The summed E-state index contributed by atoms with van der Waals surface area (Å²) in [6.07, 6.45) is 5.40. The van der Waals surface area contributed by atoms with Crippen LogP contribution in [0.25, 0.3) is 11.6 Å². The van der Waals surface area contributed by atoms with Gasteiger partial charge in [0.15, 0.2) is 0 Å². The lowest BCUT2D eigenvalue weighted by Gasteiger charge is -2.16. The molecule has 0 unspecified atom stereocenters. The van der Waals surface area contributed by atoms with Gasteiger partial charge < -0.3 is 9.72 Å². The molecule has 1 aliphatic rings. The zero-order chi connectivity index (χ0) is 11.0. The van der Waals surface area contributed by atoms with Crippen molar-refractivity contribution in [2.45, 2.75) is 0 Å². The van der Waals surface area contributed by atoms with Crippen LogP contribution in [-0.4, -0.2) is 16.6 Å². The van der Waals surface area contributed by atoms with Crippen LogP contribution >= 0.6 is 0 Å². The molecule has 0 atom stereocenters. The predicted molar refractivity (Wildman–Crippen MR) is 58.4 cm³/mol. The van der Waals surface area contributed by atoms with Gasteiger partial charge in [0.25, 0.3) is 0 Å². The Kier molecular flexibility index (Phi) is 1.99. The van der Waals surface area contributed by atoms with Crippen molar-refractivity contribution in [2.24, 2.45) is 0 Å². The molecule has 80 valence electrons. The first kappa shape index (κ1) is 9.15. The van der Waals surface area contributed by atoms with E-state index in [0.29, 0.717) is 12.4 Å². The molecule has 1 aromatic carbocycles. The number of H-pyrrole nitrogens is 1. The monoisotopic (exact) mass is 216 g/mol. The second-order valence-electron chi connectivity index (χ2n) is 3.59. The Bertz CT molecular complexity index is 546. The summed E-state index contributed by atoms with van der Waals surface area (Å²) in [7, 11) is 0. The number of imidazole rings is 1. The van der Waals surface area contributed by atoms with E-state index in [1.165, 1.54) is 12.1 Å². The summed E-state index contributed by atoms with van der Waals surface area (Å²) in [5.74, 6) is 0.301. The maximum atomic E-state index is 12.9. The van der Waals surface area contributed by atoms with Gasteiger partial charge in [-0.3, -0.25) is 0 Å². The van der Waals surface area contributed by atoms with Crippen molar-refractivity contribution in [1.29, 1.82) is 0 Å². The number of halogens is 1. The lowest BCUT2D eigenvalue weighted by molar-refractivity contribution is 0.363. The first-order valence-corrected chi connectivity index (χ1v) is 4.95. The van der Waals surface area contributed by atoms with E-state index < -0.39 is 0 Å². The van der Waals surface area contributed by atoms with Crippen molar-refractivity contribution in [3.8, 4) is 5.75 Å². The minimum atomic E-state index is -0.282. The van der Waals surface area contributed by atoms with E-state index in [9.17, 15) is 4.39 Å². The molecule has 1 N–H and O–H groups in total. The maximum absolute atomic E-state index is 12.9. The van der Waals surface area contributed by atoms with Crippen LogP contribution in [0.3, 0.4) is 0 Å². The number of aromatic amines is 1. The Balaban J connectivity index is 2.05. The number of aromatic nitrogens is 2. The molecule has 0 saturated carbocycles. The van der Waals surface area contributed by atoms with Crippen LogP contribution < -0.4 is 4.74 Å².